The molecular formula is C15H19N3O2. The minimum Gasteiger partial charge on any atom is -0.373 e. The third kappa shape index (κ3) is 2.34. The molecule has 1 aromatic heterocycles. The molecule has 2 atom stereocenters. The van der Waals surface area contributed by atoms with Crippen molar-refractivity contribution < 1.29 is 9.26 Å². The molecule has 3 rings (SSSR count). The standard InChI is InChI=1S/C15H19N3O2/c1-15(16,11-6-4-3-5-7-11)14-17-13(18-20-14)12(19-2)10-8-9-10/h3-7,10,12H,8-9,16H2,1-2H3. The quantitative estimate of drug-likeness (QED) is 0.905. The van der Waals surface area contributed by atoms with E-state index in [0.29, 0.717) is 17.6 Å². The Hall–Kier alpha value is -1.72. The first-order valence-electron chi connectivity index (χ1n) is 6.84. The maximum Gasteiger partial charge on any atom is 0.251 e. The zero-order valence-corrected chi connectivity index (χ0v) is 11.7. The molecule has 1 aliphatic carbocycles. The molecule has 0 saturated heterocycles. The highest BCUT2D eigenvalue weighted by Gasteiger charge is 2.37. The Morgan fingerprint density at radius 1 is 1.35 bits per heavy atom. The molecule has 5 heteroatoms. The van der Waals surface area contributed by atoms with Crippen molar-refractivity contribution in [1.29, 1.82) is 0 Å². The summed E-state index contributed by atoms with van der Waals surface area (Å²) in [6.07, 6.45) is 2.22. The SMILES string of the molecule is COC(c1noc(C(C)(N)c2ccccc2)n1)C1CC1. The van der Waals surface area contributed by atoms with E-state index in [1.54, 1.807) is 7.11 Å². The van der Waals surface area contributed by atoms with Crippen LogP contribution in [0.5, 0.6) is 0 Å². The van der Waals surface area contributed by atoms with Crippen LogP contribution >= 0.6 is 0 Å². The van der Waals surface area contributed by atoms with Gasteiger partial charge >= 0.3 is 0 Å². The van der Waals surface area contributed by atoms with Crippen molar-refractivity contribution in [3.05, 3.63) is 47.6 Å². The zero-order valence-electron chi connectivity index (χ0n) is 11.7. The van der Waals surface area contributed by atoms with E-state index >= 15 is 0 Å². The molecule has 2 unspecified atom stereocenters. The Balaban J connectivity index is 1.89. The number of nitrogens with zero attached hydrogens (tertiary/aromatic N) is 2. The third-order valence-electron chi connectivity index (χ3n) is 3.82. The fourth-order valence-corrected chi connectivity index (χ4v) is 2.38. The number of hydrogen-bond donors (Lipinski definition) is 1. The summed E-state index contributed by atoms with van der Waals surface area (Å²) in [5.74, 6) is 1.52. The van der Waals surface area contributed by atoms with Crippen LogP contribution in [0, 0.1) is 5.92 Å². The van der Waals surface area contributed by atoms with Crippen molar-refractivity contribution in [3.8, 4) is 0 Å². The van der Waals surface area contributed by atoms with E-state index < -0.39 is 5.54 Å². The van der Waals surface area contributed by atoms with Crippen molar-refractivity contribution in [2.75, 3.05) is 7.11 Å². The van der Waals surface area contributed by atoms with E-state index in [9.17, 15) is 0 Å². The predicted molar refractivity (Wildman–Crippen MR) is 73.9 cm³/mol. The molecule has 1 aliphatic rings. The molecule has 0 radical (unpaired) electrons. The van der Waals surface area contributed by atoms with Crippen molar-refractivity contribution in [2.45, 2.75) is 31.4 Å². The van der Waals surface area contributed by atoms with E-state index in [1.807, 2.05) is 37.3 Å². The van der Waals surface area contributed by atoms with Crippen LogP contribution in [-0.4, -0.2) is 17.3 Å². The summed E-state index contributed by atoms with van der Waals surface area (Å²) in [7, 11) is 1.68. The Bertz CT molecular complexity index is 576. The van der Waals surface area contributed by atoms with Crippen molar-refractivity contribution in [1.82, 2.24) is 10.1 Å². The first-order chi connectivity index (χ1) is 9.63. The normalized spacial score (nSPS) is 19.6. The molecule has 1 saturated carbocycles. The Labute approximate surface area is 118 Å². The molecule has 106 valence electrons. The first-order valence-corrected chi connectivity index (χ1v) is 6.84. The van der Waals surface area contributed by atoms with E-state index in [1.165, 1.54) is 0 Å². The lowest BCUT2D eigenvalue weighted by molar-refractivity contribution is 0.0751. The second-order valence-corrected chi connectivity index (χ2v) is 5.52. The summed E-state index contributed by atoms with van der Waals surface area (Å²) in [6.45, 7) is 1.87. The van der Waals surface area contributed by atoms with Gasteiger partial charge in [-0.1, -0.05) is 35.5 Å². The van der Waals surface area contributed by atoms with E-state index in [-0.39, 0.29) is 6.10 Å². The highest BCUT2D eigenvalue weighted by molar-refractivity contribution is 5.29. The zero-order chi connectivity index (χ0) is 14.2. The molecule has 2 N–H and O–H groups in total. The number of nitrogens with two attached hydrogens (primary N) is 1. The Morgan fingerprint density at radius 2 is 2.05 bits per heavy atom. The number of hydrogen-bond acceptors (Lipinski definition) is 5. The maximum absolute atomic E-state index is 6.37. The van der Waals surface area contributed by atoms with E-state index in [0.717, 1.165) is 18.4 Å². The van der Waals surface area contributed by atoms with Crippen molar-refractivity contribution in [3.63, 3.8) is 0 Å². The Kier molecular flexibility index (Phi) is 3.31. The van der Waals surface area contributed by atoms with Crippen LogP contribution in [-0.2, 0) is 10.3 Å². The second kappa shape index (κ2) is 5.00. The van der Waals surface area contributed by atoms with Crippen LogP contribution in [0.1, 0.15) is 43.1 Å². The van der Waals surface area contributed by atoms with Gasteiger partial charge < -0.3 is 15.0 Å². The monoisotopic (exact) mass is 273 g/mol. The van der Waals surface area contributed by atoms with Crippen LogP contribution in [0.15, 0.2) is 34.9 Å². The molecule has 1 aromatic carbocycles. The maximum atomic E-state index is 6.37. The third-order valence-corrected chi connectivity index (χ3v) is 3.82. The highest BCUT2D eigenvalue weighted by atomic mass is 16.5. The second-order valence-electron chi connectivity index (χ2n) is 5.52. The summed E-state index contributed by atoms with van der Waals surface area (Å²) in [6, 6.07) is 9.75. The van der Waals surface area contributed by atoms with Gasteiger partial charge in [-0.2, -0.15) is 4.98 Å². The molecule has 0 spiro atoms. The summed E-state index contributed by atoms with van der Waals surface area (Å²) in [5.41, 5.74) is 6.51. The van der Waals surface area contributed by atoms with Gasteiger partial charge in [0.2, 0.25) is 5.82 Å². The average Bonchev–Trinajstić information content (AvgIpc) is 3.17. The molecule has 1 fully saturated rings. The lowest BCUT2D eigenvalue weighted by atomic mass is 9.93. The van der Waals surface area contributed by atoms with E-state index in [2.05, 4.69) is 10.1 Å². The van der Waals surface area contributed by atoms with Gasteiger partial charge in [0.05, 0.1) is 0 Å². The molecule has 20 heavy (non-hydrogen) atoms. The van der Waals surface area contributed by atoms with E-state index in [4.69, 9.17) is 15.0 Å². The van der Waals surface area contributed by atoms with Gasteiger partial charge in [-0.3, -0.25) is 0 Å². The minimum atomic E-state index is -0.797. The number of benzene rings is 1. The highest BCUT2D eigenvalue weighted by Crippen LogP contribution is 2.42. The molecule has 2 aromatic rings. The average molecular weight is 273 g/mol. The molecule has 0 amide bonds. The molecular weight excluding hydrogens is 254 g/mol. The summed E-state index contributed by atoms with van der Waals surface area (Å²) < 4.78 is 10.8. The fourth-order valence-electron chi connectivity index (χ4n) is 2.38. The van der Waals surface area contributed by atoms with Gasteiger partial charge in [-0.25, -0.2) is 0 Å². The van der Waals surface area contributed by atoms with Crippen molar-refractivity contribution in [2.24, 2.45) is 11.7 Å². The number of methoxy groups -OCH3 is 1. The smallest absolute Gasteiger partial charge is 0.251 e. The summed E-state index contributed by atoms with van der Waals surface area (Å²) in [5, 5.41) is 4.05. The first kappa shape index (κ1) is 13.3. The Morgan fingerprint density at radius 3 is 2.65 bits per heavy atom. The largest absolute Gasteiger partial charge is 0.373 e. The van der Waals surface area contributed by atoms with Gasteiger partial charge in [0.1, 0.15) is 11.6 Å². The van der Waals surface area contributed by atoms with Crippen LogP contribution in [0.2, 0.25) is 0 Å². The van der Waals surface area contributed by atoms with Crippen molar-refractivity contribution >= 4 is 0 Å². The van der Waals surface area contributed by atoms with Gasteiger partial charge in [-0.15, -0.1) is 0 Å². The molecule has 5 nitrogen and oxygen atoms in total. The van der Waals surface area contributed by atoms with Gasteiger partial charge in [-0.05, 0) is 31.2 Å². The van der Waals surface area contributed by atoms with Gasteiger partial charge in [0.25, 0.3) is 5.89 Å². The molecule has 0 bridgehead atoms. The topological polar surface area (TPSA) is 74.2 Å². The number of ether oxygens (including phenoxy) is 1. The van der Waals surface area contributed by atoms with Gasteiger partial charge in [0.15, 0.2) is 0 Å². The number of aromatic nitrogens is 2. The van der Waals surface area contributed by atoms with Crippen LogP contribution < -0.4 is 5.73 Å². The van der Waals surface area contributed by atoms with Crippen LogP contribution in [0.4, 0.5) is 0 Å². The molecule has 1 heterocycles. The van der Waals surface area contributed by atoms with Gasteiger partial charge in [0, 0.05) is 7.11 Å². The fraction of sp³-hybridized carbons (Fsp3) is 0.467. The summed E-state index contributed by atoms with van der Waals surface area (Å²) in [4.78, 5) is 4.46. The van der Waals surface area contributed by atoms with Crippen LogP contribution in [0.25, 0.3) is 0 Å². The molecule has 0 aliphatic heterocycles. The van der Waals surface area contributed by atoms with Crippen LogP contribution in [0.3, 0.4) is 0 Å². The number of rotatable bonds is 5. The lowest BCUT2D eigenvalue weighted by Crippen LogP contribution is -2.34. The lowest BCUT2D eigenvalue weighted by Gasteiger charge is -2.20. The summed E-state index contributed by atoms with van der Waals surface area (Å²) >= 11 is 0. The predicted octanol–water partition coefficient (Wildman–Crippen LogP) is 2.39. The minimum absolute atomic E-state index is 0.0842.